The van der Waals surface area contributed by atoms with Crippen LogP contribution >= 0.6 is 7.82 Å². The zero-order valence-corrected chi connectivity index (χ0v) is 34.0. The van der Waals surface area contributed by atoms with E-state index in [1.165, 1.54) is 44.9 Å². The Bertz CT molecular complexity index is 1070. The fourth-order valence-electron chi connectivity index (χ4n) is 5.16. The van der Waals surface area contributed by atoms with Gasteiger partial charge in [-0.1, -0.05) is 152 Å². The predicted molar refractivity (Wildman–Crippen MR) is 217 cm³/mol. The summed E-state index contributed by atoms with van der Waals surface area (Å²) in [5.74, 6) is -1.79. The number of phosphoric acid groups is 1. The number of ether oxygens (including phenoxy) is 2. The minimum atomic E-state index is -4.62. The van der Waals surface area contributed by atoms with E-state index >= 15 is 0 Å². The summed E-state index contributed by atoms with van der Waals surface area (Å²) in [4.78, 5) is 33.4. The van der Waals surface area contributed by atoms with E-state index in [-0.39, 0.29) is 13.0 Å². The van der Waals surface area contributed by atoms with Gasteiger partial charge in [0.15, 0.2) is 0 Å². The Morgan fingerprint density at radius 3 is 1.64 bits per heavy atom. The number of hydrogen-bond donors (Lipinski definition) is 3. The fraction of sp³-hybridized carbons (Fsp3) is 0.714. The van der Waals surface area contributed by atoms with E-state index in [0.717, 1.165) is 83.5 Å². The van der Waals surface area contributed by atoms with E-state index in [1.54, 1.807) is 0 Å². The van der Waals surface area contributed by atoms with Crippen LogP contribution in [0.1, 0.15) is 155 Å². The molecule has 0 saturated carbocycles. The van der Waals surface area contributed by atoms with Crippen molar-refractivity contribution in [1.82, 2.24) is 0 Å². The number of allylic oxidation sites excluding steroid dienone is 10. The zero-order chi connectivity index (χ0) is 39.1. The smallest absolute Gasteiger partial charge is 0.472 e. The maximum atomic E-state index is 12.6. The maximum absolute atomic E-state index is 12.6. The Balaban J connectivity index is 4.30. The second-order valence-electron chi connectivity index (χ2n) is 13.4. The molecular formula is C42H74NO9P. The Morgan fingerprint density at radius 1 is 0.623 bits per heavy atom. The van der Waals surface area contributed by atoms with Crippen LogP contribution in [-0.2, 0) is 32.7 Å². The zero-order valence-electron chi connectivity index (χ0n) is 33.1. The summed E-state index contributed by atoms with van der Waals surface area (Å²) in [7, 11) is -4.62. The molecule has 0 rings (SSSR count). The van der Waals surface area contributed by atoms with Gasteiger partial charge in [0, 0.05) is 13.0 Å². The summed E-state index contributed by atoms with van der Waals surface area (Å²) in [6, 6.07) is -1.48. The number of aliphatic carboxylic acids is 1. The number of hydrogen-bond acceptors (Lipinski definition) is 8. The van der Waals surface area contributed by atoms with Crippen LogP contribution in [0.15, 0.2) is 60.8 Å². The van der Waals surface area contributed by atoms with Crippen molar-refractivity contribution in [3.8, 4) is 0 Å². The van der Waals surface area contributed by atoms with Gasteiger partial charge in [0.2, 0.25) is 0 Å². The van der Waals surface area contributed by atoms with Crippen molar-refractivity contribution in [3.05, 3.63) is 60.8 Å². The Kier molecular flexibility index (Phi) is 36.3. The average molecular weight is 768 g/mol. The lowest BCUT2D eigenvalue weighted by atomic mass is 10.1. The monoisotopic (exact) mass is 768 g/mol. The first kappa shape index (κ1) is 50.7. The van der Waals surface area contributed by atoms with Crippen LogP contribution in [0.25, 0.3) is 0 Å². The largest absolute Gasteiger partial charge is 0.480 e. The van der Waals surface area contributed by atoms with Gasteiger partial charge in [-0.2, -0.15) is 0 Å². The van der Waals surface area contributed by atoms with Gasteiger partial charge in [-0.3, -0.25) is 18.6 Å². The predicted octanol–water partition coefficient (Wildman–Crippen LogP) is 10.9. The highest BCUT2D eigenvalue weighted by molar-refractivity contribution is 7.47. The maximum Gasteiger partial charge on any atom is 0.472 e. The van der Waals surface area contributed by atoms with Gasteiger partial charge in [-0.05, 0) is 57.8 Å². The molecule has 0 fully saturated rings. The third-order valence-corrected chi connectivity index (χ3v) is 9.26. The normalized spacial score (nSPS) is 14.6. The summed E-state index contributed by atoms with van der Waals surface area (Å²) in [6.45, 7) is 3.68. The van der Waals surface area contributed by atoms with Gasteiger partial charge in [-0.15, -0.1) is 0 Å². The molecule has 0 aliphatic rings. The first-order chi connectivity index (χ1) is 25.7. The topological polar surface area (TPSA) is 155 Å². The summed E-state index contributed by atoms with van der Waals surface area (Å²) < 4.78 is 33.2. The van der Waals surface area contributed by atoms with E-state index in [2.05, 4.69) is 74.6 Å². The van der Waals surface area contributed by atoms with Crippen LogP contribution in [0.3, 0.4) is 0 Å². The molecule has 11 heteroatoms. The van der Waals surface area contributed by atoms with Gasteiger partial charge in [-0.25, -0.2) is 4.57 Å². The molecule has 0 aliphatic carbocycles. The standard InChI is InChI=1S/C42H74NO9P/c1-3-5-7-9-11-13-15-16-17-18-19-20-21-22-23-25-27-29-31-33-35-49-36-39(37-50-53(47,48)51-38-40(43)42(45)46)52-41(44)34-32-30-28-26-24-14-12-10-8-6-4-2/h5,7,11,13,16-17,19-20,22-23,39-40H,3-4,6,8-10,12,14-15,18,21,24-38,43H2,1-2H3,(H,45,46)(H,47,48)/b7-5-,13-11-,17-16-,20-19-,23-22-. The number of unbranched alkanes of at least 4 members (excludes halogenated alkanes) is 14. The van der Waals surface area contributed by atoms with Crippen molar-refractivity contribution in [2.24, 2.45) is 5.73 Å². The van der Waals surface area contributed by atoms with Crippen molar-refractivity contribution in [2.75, 3.05) is 26.4 Å². The molecule has 0 aromatic carbocycles. The highest BCUT2D eigenvalue weighted by Gasteiger charge is 2.27. The van der Waals surface area contributed by atoms with Crippen LogP contribution in [0.4, 0.5) is 0 Å². The number of rotatable bonds is 38. The van der Waals surface area contributed by atoms with E-state index in [9.17, 15) is 19.0 Å². The molecule has 0 bridgehead atoms. The highest BCUT2D eigenvalue weighted by Crippen LogP contribution is 2.43. The quantitative estimate of drug-likeness (QED) is 0.0239. The van der Waals surface area contributed by atoms with Crippen molar-refractivity contribution in [1.29, 1.82) is 0 Å². The lowest BCUT2D eigenvalue weighted by molar-refractivity contribution is -0.154. The molecule has 53 heavy (non-hydrogen) atoms. The summed E-state index contributed by atoms with van der Waals surface area (Å²) >= 11 is 0. The van der Waals surface area contributed by atoms with Crippen LogP contribution in [-0.4, -0.2) is 60.5 Å². The highest BCUT2D eigenvalue weighted by atomic mass is 31.2. The molecule has 4 N–H and O–H groups in total. The minimum absolute atomic E-state index is 0.00132. The van der Waals surface area contributed by atoms with Crippen LogP contribution in [0, 0.1) is 0 Å². The van der Waals surface area contributed by atoms with Crippen molar-refractivity contribution in [3.63, 3.8) is 0 Å². The second kappa shape index (κ2) is 38.0. The van der Waals surface area contributed by atoms with Crippen molar-refractivity contribution >= 4 is 19.8 Å². The van der Waals surface area contributed by atoms with E-state index in [4.69, 9.17) is 29.4 Å². The number of esters is 1. The summed E-state index contributed by atoms with van der Waals surface area (Å²) in [5, 5.41) is 8.87. The molecule has 0 radical (unpaired) electrons. The van der Waals surface area contributed by atoms with Crippen LogP contribution in [0.2, 0.25) is 0 Å². The van der Waals surface area contributed by atoms with Crippen molar-refractivity contribution < 1.29 is 42.7 Å². The molecule has 10 nitrogen and oxygen atoms in total. The number of carbonyl (C=O) groups excluding carboxylic acids is 1. The van der Waals surface area contributed by atoms with Gasteiger partial charge >= 0.3 is 19.8 Å². The lowest BCUT2D eigenvalue weighted by Crippen LogP contribution is -2.34. The van der Waals surface area contributed by atoms with Crippen LogP contribution < -0.4 is 5.73 Å². The number of carboxylic acids is 1. The Labute approximate surface area is 322 Å². The first-order valence-corrected chi connectivity index (χ1v) is 21.8. The number of phosphoric ester groups is 1. The van der Waals surface area contributed by atoms with Crippen LogP contribution in [0.5, 0.6) is 0 Å². The number of nitrogens with two attached hydrogens (primary N) is 1. The van der Waals surface area contributed by atoms with Gasteiger partial charge < -0.3 is 25.2 Å². The molecule has 0 aromatic rings. The van der Waals surface area contributed by atoms with Crippen molar-refractivity contribution in [2.45, 2.75) is 167 Å². The van der Waals surface area contributed by atoms with Gasteiger partial charge in [0.05, 0.1) is 19.8 Å². The molecule has 3 unspecified atom stereocenters. The molecule has 0 aliphatic heterocycles. The third-order valence-electron chi connectivity index (χ3n) is 8.31. The fourth-order valence-corrected chi connectivity index (χ4v) is 5.94. The molecule has 0 amide bonds. The van der Waals surface area contributed by atoms with Gasteiger partial charge in [0.1, 0.15) is 12.1 Å². The second-order valence-corrected chi connectivity index (χ2v) is 14.8. The van der Waals surface area contributed by atoms with E-state index in [0.29, 0.717) is 13.0 Å². The Morgan fingerprint density at radius 2 is 1.09 bits per heavy atom. The molecule has 306 valence electrons. The lowest BCUT2D eigenvalue weighted by Gasteiger charge is -2.20. The number of carbonyl (C=O) groups is 2. The van der Waals surface area contributed by atoms with E-state index < -0.39 is 45.1 Å². The first-order valence-electron chi connectivity index (χ1n) is 20.3. The molecule has 0 spiro atoms. The average Bonchev–Trinajstić information content (AvgIpc) is 3.13. The Hall–Kier alpha value is -2.33. The minimum Gasteiger partial charge on any atom is -0.480 e. The number of carboxylic acid groups (broad SMARTS) is 1. The summed E-state index contributed by atoms with van der Waals surface area (Å²) in [5.41, 5.74) is 5.34. The molecular weight excluding hydrogens is 693 g/mol. The molecule has 0 heterocycles. The third kappa shape index (κ3) is 37.8. The molecule has 0 saturated heterocycles. The SMILES string of the molecule is CC/C=C\C/C=C\C/C=C\C/C=C\C/C=C\CCCCCCOCC(COP(=O)(O)OCC(N)C(=O)O)OC(=O)CCCCCCCCCCCCC. The summed E-state index contributed by atoms with van der Waals surface area (Å²) in [6.07, 6.45) is 44.2. The molecule has 0 aromatic heterocycles. The van der Waals surface area contributed by atoms with Gasteiger partial charge in [0.25, 0.3) is 0 Å². The molecule has 3 atom stereocenters. The van der Waals surface area contributed by atoms with E-state index in [1.807, 2.05) is 0 Å².